The Morgan fingerprint density at radius 2 is 2.28 bits per heavy atom. The number of alkyl halides is 1. The van der Waals surface area contributed by atoms with Crippen LogP contribution < -0.4 is 9.46 Å². The van der Waals surface area contributed by atoms with Gasteiger partial charge in [0.05, 0.1) is 12.7 Å². The minimum atomic E-state index is -3.35. The van der Waals surface area contributed by atoms with Crippen molar-refractivity contribution in [2.24, 2.45) is 0 Å². The molecule has 18 heavy (non-hydrogen) atoms. The molecule has 1 atom stereocenters. The molecule has 0 saturated heterocycles. The van der Waals surface area contributed by atoms with Crippen LogP contribution in [-0.2, 0) is 16.4 Å². The van der Waals surface area contributed by atoms with Gasteiger partial charge in [-0.15, -0.1) is 0 Å². The number of ether oxygens (including phenoxy) is 1. The Kier molecular flexibility index (Phi) is 4.26. The van der Waals surface area contributed by atoms with Crippen LogP contribution in [-0.4, -0.2) is 31.3 Å². The van der Waals surface area contributed by atoms with Crippen molar-refractivity contribution in [2.75, 3.05) is 17.8 Å². The van der Waals surface area contributed by atoms with Crippen molar-refractivity contribution in [3.05, 3.63) is 29.3 Å². The molecule has 1 heterocycles. The van der Waals surface area contributed by atoms with Gasteiger partial charge in [0.25, 0.3) is 0 Å². The second kappa shape index (κ2) is 5.56. The Morgan fingerprint density at radius 1 is 1.50 bits per heavy atom. The summed E-state index contributed by atoms with van der Waals surface area (Å²) in [5.41, 5.74) is 1.74. The maximum atomic E-state index is 11.2. The van der Waals surface area contributed by atoms with E-state index in [1.807, 2.05) is 6.07 Å². The molecule has 1 unspecified atom stereocenters. The number of sulfonamides is 1. The summed E-state index contributed by atoms with van der Waals surface area (Å²) < 4.78 is 30.0. The van der Waals surface area contributed by atoms with E-state index in [0.29, 0.717) is 12.2 Å². The number of nitrogens with one attached hydrogen (secondary N) is 1. The van der Waals surface area contributed by atoms with Crippen LogP contribution in [0.5, 0.6) is 5.75 Å². The van der Waals surface area contributed by atoms with E-state index in [0.717, 1.165) is 17.7 Å². The van der Waals surface area contributed by atoms with E-state index >= 15 is 0 Å². The van der Waals surface area contributed by atoms with Crippen molar-refractivity contribution >= 4 is 26.0 Å². The fraction of sp³-hybridized carbons (Fsp3) is 0.455. The first-order valence-corrected chi connectivity index (χ1v) is 8.26. The van der Waals surface area contributed by atoms with Gasteiger partial charge in [0.2, 0.25) is 10.0 Å². The van der Waals surface area contributed by atoms with Crippen LogP contribution in [0.15, 0.2) is 18.2 Å². The van der Waals surface area contributed by atoms with Crippen LogP contribution in [0.2, 0.25) is 0 Å². The maximum Gasteiger partial charge on any atom is 0.221 e. The zero-order valence-electron chi connectivity index (χ0n) is 9.60. The molecule has 0 radical (unpaired) electrons. The molecule has 1 aromatic carbocycles. The fourth-order valence-corrected chi connectivity index (χ4v) is 2.75. The number of halogens is 1. The molecular weight excluding hydrogens is 322 g/mol. The van der Waals surface area contributed by atoms with Crippen LogP contribution in [0.3, 0.4) is 0 Å². The lowest BCUT2D eigenvalue weighted by molar-refractivity contribution is 0.182. The van der Waals surface area contributed by atoms with Crippen LogP contribution in [0.25, 0.3) is 0 Å². The van der Waals surface area contributed by atoms with E-state index in [2.05, 4.69) is 20.7 Å². The number of benzene rings is 1. The van der Waals surface area contributed by atoms with Crippen molar-refractivity contribution in [2.45, 2.75) is 12.5 Å². The van der Waals surface area contributed by atoms with E-state index in [1.165, 1.54) is 0 Å². The molecule has 100 valence electrons. The third-order valence-electron chi connectivity index (χ3n) is 2.74. The molecule has 7 heteroatoms. The smallest absolute Gasteiger partial charge is 0.221 e. The van der Waals surface area contributed by atoms with E-state index in [-0.39, 0.29) is 11.2 Å². The van der Waals surface area contributed by atoms with Crippen molar-refractivity contribution in [3.8, 4) is 5.75 Å². The van der Waals surface area contributed by atoms with Gasteiger partial charge in [0.1, 0.15) is 10.4 Å². The summed E-state index contributed by atoms with van der Waals surface area (Å²) in [7, 11) is -3.35. The molecule has 0 saturated carbocycles. The largest absolute Gasteiger partial charge is 0.493 e. The van der Waals surface area contributed by atoms with Crippen LogP contribution in [0, 0.1) is 0 Å². The summed E-state index contributed by atoms with van der Waals surface area (Å²) in [4.78, 5) is 0. The monoisotopic (exact) mass is 335 g/mol. The number of fused-ring (bicyclic) bond motifs is 1. The number of hydrogen-bond donors (Lipinski definition) is 2. The highest BCUT2D eigenvalue weighted by atomic mass is 79.9. The maximum absolute atomic E-state index is 11.2. The molecule has 1 aliphatic rings. The van der Waals surface area contributed by atoms with Crippen LogP contribution >= 0.6 is 15.9 Å². The molecule has 0 fully saturated rings. The highest BCUT2D eigenvalue weighted by Gasteiger charge is 2.17. The Morgan fingerprint density at radius 3 is 3.00 bits per heavy atom. The molecule has 1 aliphatic heterocycles. The summed E-state index contributed by atoms with van der Waals surface area (Å²) in [6.45, 7) is 0.624. The third kappa shape index (κ3) is 3.23. The van der Waals surface area contributed by atoms with Gasteiger partial charge >= 0.3 is 0 Å². The SMILES string of the molecule is O=S(=O)(CBr)NCC(O)c1ccc2c(c1)CCO2. The Bertz CT molecular complexity index is 532. The van der Waals surface area contributed by atoms with Gasteiger partial charge in [0, 0.05) is 13.0 Å². The summed E-state index contributed by atoms with van der Waals surface area (Å²) in [6.07, 6.45) is -0.0343. The van der Waals surface area contributed by atoms with E-state index < -0.39 is 16.1 Å². The molecule has 2 rings (SSSR count). The van der Waals surface area contributed by atoms with Gasteiger partial charge in [-0.3, -0.25) is 0 Å². The van der Waals surface area contributed by atoms with E-state index in [4.69, 9.17) is 4.74 Å². The van der Waals surface area contributed by atoms with Crippen molar-refractivity contribution in [1.29, 1.82) is 0 Å². The molecule has 0 bridgehead atoms. The predicted molar refractivity (Wildman–Crippen MR) is 71.3 cm³/mol. The zero-order chi connectivity index (χ0) is 13.2. The number of hydrogen-bond acceptors (Lipinski definition) is 4. The number of aliphatic hydroxyl groups excluding tert-OH is 1. The molecule has 5 nitrogen and oxygen atoms in total. The summed E-state index contributed by atoms with van der Waals surface area (Å²) >= 11 is 2.87. The fourth-order valence-electron chi connectivity index (χ4n) is 1.78. The standard InChI is InChI=1S/C11H14BrNO4S/c12-7-18(15,16)13-6-10(14)8-1-2-11-9(5-8)3-4-17-11/h1-2,5,10,13-14H,3-4,6-7H2. The van der Waals surface area contributed by atoms with Crippen molar-refractivity contribution < 1.29 is 18.3 Å². The first kappa shape index (κ1) is 13.8. The third-order valence-corrected chi connectivity index (χ3v) is 5.44. The molecule has 0 amide bonds. The van der Waals surface area contributed by atoms with Gasteiger partial charge in [0.15, 0.2) is 0 Å². The first-order valence-electron chi connectivity index (χ1n) is 5.49. The van der Waals surface area contributed by atoms with Gasteiger partial charge in [-0.1, -0.05) is 22.0 Å². The Labute approximate surface area is 114 Å². The minimum Gasteiger partial charge on any atom is -0.493 e. The quantitative estimate of drug-likeness (QED) is 0.785. The molecule has 1 aromatic rings. The molecule has 0 aliphatic carbocycles. The minimum absolute atomic E-state index is 0.0341. The first-order chi connectivity index (χ1) is 8.52. The van der Waals surface area contributed by atoms with E-state index in [9.17, 15) is 13.5 Å². The summed E-state index contributed by atoms with van der Waals surface area (Å²) in [6, 6.07) is 5.41. The normalized spacial score (nSPS) is 16.1. The van der Waals surface area contributed by atoms with Gasteiger partial charge < -0.3 is 9.84 Å². The molecular formula is C11H14BrNO4S. The van der Waals surface area contributed by atoms with Gasteiger partial charge in [-0.2, -0.15) is 0 Å². The lowest BCUT2D eigenvalue weighted by Crippen LogP contribution is -2.29. The Hall–Kier alpha value is -0.630. The highest BCUT2D eigenvalue weighted by molar-refractivity contribution is 9.10. The average molecular weight is 336 g/mol. The van der Waals surface area contributed by atoms with E-state index in [1.54, 1.807) is 12.1 Å². The van der Waals surface area contributed by atoms with Crippen molar-refractivity contribution in [1.82, 2.24) is 4.72 Å². The zero-order valence-corrected chi connectivity index (χ0v) is 12.0. The van der Waals surface area contributed by atoms with Gasteiger partial charge in [-0.25, -0.2) is 13.1 Å². The lowest BCUT2D eigenvalue weighted by Gasteiger charge is -2.12. The topological polar surface area (TPSA) is 75.6 Å². The predicted octanol–water partition coefficient (Wildman–Crippen LogP) is 0.927. The summed E-state index contributed by atoms with van der Waals surface area (Å²) in [5, 5.41) is 9.93. The average Bonchev–Trinajstić information content (AvgIpc) is 2.83. The highest BCUT2D eigenvalue weighted by Crippen LogP contribution is 2.28. The second-order valence-corrected chi connectivity index (χ2v) is 7.16. The molecule has 0 spiro atoms. The molecule has 0 aromatic heterocycles. The lowest BCUT2D eigenvalue weighted by atomic mass is 10.0. The Balaban J connectivity index is 2.03. The van der Waals surface area contributed by atoms with Gasteiger partial charge in [-0.05, 0) is 23.3 Å². The number of rotatable bonds is 5. The molecule has 2 N–H and O–H groups in total. The second-order valence-electron chi connectivity index (χ2n) is 4.05. The summed E-state index contributed by atoms with van der Waals surface area (Å²) in [5.74, 6) is 0.840. The van der Waals surface area contributed by atoms with Crippen molar-refractivity contribution in [3.63, 3.8) is 0 Å². The van der Waals surface area contributed by atoms with Crippen LogP contribution in [0.1, 0.15) is 17.2 Å². The van der Waals surface area contributed by atoms with Crippen LogP contribution in [0.4, 0.5) is 0 Å². The number of aliphatic hydroxyl groups is 1.